The summed E-state index contributed by atoms with van der Waals surface area (Å²) in [5, 5.41) is 0. The van der Waals surface area contributed by atoms with Gasteiger partial charge in [-0.25, -0.2) is 0 Å². The van der Waals surface area contributed by atoms with E-state index in [2.05, 4.69) is 27.7 Å². The van der Waals surface area contributed by atoms with Crippen molar-refractivity contribution in [3.63, 3.8) is 0 Å². The summed E-state index contributed by atoms with van der Waals surface area (Å²) in [6.07, 6.45) is 13.8. The van der Waals surface area contributed by atoms with Crippen LogP contribution in [-0.4, -0.2) is 6.29 Å². The molecule has 0 unspecified atom stereocenters. The largest absolute Gasteiger partial charge is 0.303 e. The van der Waals surface area contributed by atoms with Crippen LogP contribution >= 0.6 is 0 Å². The predicted molar refractivity (Wildman–Crippen MR) is 85.4 cm³/mol. The van der Waals surface area contributed by atoms with Crippen molar-refractivity contribution < 1.29 is 4.79 Å². The minimum absolute atomic E-state index is 0.750. The predicted octanol–water partition coefficient (Wildman–Crippen LogP) is 6.01. The van der Waals surface area contributed by atoms with E-state index in [0.717, 1.165) is 36.9 Å². The van der Waals surface area contributed by atoms with E-state index in [9.17, 15) is 4.79 Å². The highest BCUT2D eigenvalue weighted by atomic mass is 16.1. The molecule has 1 heteroatoms. The lowest BCUT2D eigenvalue weighted by atomic mass is 9.92. The van der Waals surface area contributed by atoms with Crippen LogP contribution < -0.4 is 0 Å². The minimum Gasteiger partial charge on any atom is -0.303 e. The first-order chi connectivity index (χ1) is 9.06. The van der Waals surface area contributed by atoms with Crippen molar-refractivity contribution in [1.29, 1.82) is 0 Å². The number of hydrogen-bond donors (Lipinski definition) is 0. The second kappa shape index (κ2) is 12.7. The molecule has 0 spiro atoms. The molecule has 0 rings (SSSR count). The highest BCUT2D eigenvalue weighted by Crippen LogP contribution is 2.21. The lowest BCUT2D eigenvalue weighted by molar-refractivity contribution is -0.107. The molecule has 19 heavy (non-hydrogen) atoms. The van der Waals surface area contributed by atoms with E-state index in [1.54, 1.807) is 0 Å². The summed E-state index contributed by atoms with van der Waals surface area (Å²) >= 11 is 0. The van der Waals surface area contributed by atoms with Gasteiger partial charge in [-0.05, 0) is 24.2 Å². The third kappa shape index (κ3) is 13.9. The van der Waals surface area contributed by atoms with Crippen LogP contribution in [0.1, 0.15) is 91.9 Å². The second-order valence-corrected chi connectivity index (χ2v) is 6.92. The molecule has 0 saturated heterocycles. The molecule has 0 aromatic rings. The Labute approximate surface area is 121 Å². The maximum atomic E-state index is 10.2. The first-order valence-corrected chi connectivity index (χ1v) is 8.49. The number of carbonyl (C=O) groups is 1. The number of unbranched alkanes of at least 4 members (excludes halogenated alkanes) is 2. The number of aldehydes is 1. The number of carbonyl (C=O) groups excluding carboxylic acids is 1. The Kier molecular flexibility index (Phi) is 12.5. The van der Waals surface area contributed by atoms with Crippen LogP contribution in [0.2, 0.25) is 0 Å². The van der Waals surface area contributed by atoms with Gasteiger partial charge in [0.2, 0.25) is 0 Å². The average molecular weight is 268 g/mol. The fourth-order valence-corrected chi connectivity index (χ4v) is 2.70. The van der Waals surface area contributed by atoms with E-state index >= 15 is 0 Å². The van der Waals surface area contributed by atoms with Gasteiger partial charge in [-0.2, -0.15) is 0 Å². The Hall–Kier alpha value is -0.330. The molecule has 0 bridgehead atoms. The van der Waals surface area contributed by atoms with Crippen molar-refractivity contribution in [3.05, 3.63) is 0 Å². The summed E-state index contributed by atoms with van der Waals surface area (Å²) in [6, 6.07) is 0. The molecule has 2 atom stereocenters. The van der Waals surface area contributed by atoms with Crippen molar-refractivity contribution in [3.8, 4) is 0 Å². The number of hydrogen-bond acceptors (Lipinski definition) is 1. The Morgan fingerprint density at radius 3 is 1.63 bits per heavy atom. The van der Waals surface area contributed by atoms with Gasteiger partial charge in [-0.1, -0.05) is 79.1 Å². The average Bonchev–Trinajstić information content (AvgIpc) is 2.34. The van der Waals surface area contributed by atoms with Gasteiger partial charge in [0, 0.05) is 6.42 Å². The summed E-state index contributed by atoms with van der Waals surface area (Å²) in [7, 11) is 0. The quantitative estimate of drug-likeness (QED) is 0.295. The van der Waals surface area contributed by atoms with Gasteiger partial charge < -0.3 is 4.79 Å². The number of rotatable bonds is 13. The first-order valence-electron chi connectivity index (χ1n) is 8.49. The zero-order chi connectivity index (χ0) is 14.5. The zero-order valence-electron chi connectivity index (χ0n) is 13.8. The molecule has 0 N–H and O–H groups in total. The molecular formula is C18H36O. The molecule has 0 saturated carbocycles. The van der Waals surface area contributed by atoms with Crippen molar-refractivity contribution in [1.82, 2.24) is 0 Å². The SMILES string of the molecule is CC(C)CCC[C@H](C)CCC[C@H](C)CCCCC=O. The van der Waals surface area contributed by atoms with E-state index < -0.39 is 0 Å². The van der Waals surface area contributed by atoms with Gasteiger partial charge in [0.05, 0.1) is 0 Å². The van der Waals surface area contributed by atoms with Crippen LogP contribution in [0.15, 0.2) is 0 Å². The van der Waals surface area contributed by atoms with Crippen molar-refractivity contribution >= 4 is 6.29 Å². The summed E-state index contributed by atoms with van der Waals surface area (Å²) in [5.74, 6) is 2.61. The Morgan fingerprint density at radius 1 is 0.684 bits per heavy atom. The third-order valence-electron chi connectivity index (χ3n) is 4.14. The zero-order valence-corrected chi connectivity index (χ0v) is 13.8. The molecule has 1 nitrogen and oxygen atoms in total. The van der Waals surface area contributed by atoms with Crippen LogP contribution in [0.3, 0.4) is 0 Å². The molecule has 0 amide bonds. The fraction of sp³-hybridized carbons (Fsp3) is 0.944. The molecule has 0 aliphatic heterocycles. The highest BCUT2D eigenvalue weighted by Gasteiger charge is 2.06. The van der Waals surface area contributed by atoms with Gasteiger partial charge in [0.1, 0.15) is 6.29 Å². The summed E-state index contributed by atoms with van der Waals surface area (Å²) in [6.45, 7) is 9.41. The van der Waals surface area contributed by atoms with E-state index in [0.29, 0.717) is 0 Å². The molecule has 0 fully saturated rings. The molecule has 0 heterocycles. The normalized spacial score (nSPS) is 14.6. The van der Waals surface area contributed by atoms with Gasteiger partial charge in [0.15, 0.2) is 0 Å². The summed E-state index contributed by atoms with van der Waals surface area (Å²) < 4.78 is 0. The van der Waals surface area contributed by atoms with Gasteiger partial charge in [-0.15, -0.1) is 0 Å². The summed E-state index contributed by atoms with van der Waals surface area (Å²) in [4.78, 5) is 10.2. The van der Waals surface area contributed by atoms with Crippen LogP contribution in [0.4, 0.5) is 0 Å². The molecule has 0 aromatic heterocycles. The van der Waals surface area contributed by atoms with Crippen LogP contribution in [-0.2, 0) is 4.79 Å². The molecule has 0 aliphatic rings. The maximum Gasteiger partial charge on any atom is 0.119 e. The first kappa shape index (κ1) is 18.7. The summed E-state index contributed by atoms with van der Waals surface area (Å²) in [5.41, 5.74) is 0. The lowest BCUT2D eigenvalue weighted by Crippen LogP contribution is -2.00. The Bertz CT molecular complexity index is 198. The highest BCUT2D eigenvalue weighted by molar-refractivity contribution is 5.48. The van der Waals surface area contributed by atoms with Crippen molar-refractivity contribution in [2.75, 3.05) is 0 Å². The van der Waals surface area contributed by atoms with Gasteiger partial charge in [0.25, 0.3) is 0 Å². The lowest BCUT2D eigenvalue weighted by Gasteiger charge is -2.14. The third-order valence-corrected chi connectivity index (χ3v) is 4.14. The maximum absolute atomic E-state index is 10.2. The Balaban J connectivity index is 3.37. The van der Waals surface area contributed by atoms with E-state index in [1.807, 2.05) is 0 Å². The standard InChI is InChI=1S/C18H36O/c1-16(2)10-8-12-18(4)14-9-13-17(3)11-6-5-7-15-19/h15-18H,5-14H2,1-4H3/t17-,18+/m1/s1. The van der Waals surface area contributed by atoms with Crippen LogP contribution in [0.5, 0.6) is 0 Å². The van der Waals surface area contributed by atoms with E-state index in [1.165, 1.54) is 51.4 Å². The minimum atomic E-state index is 0.750. The molecule has 0 radical (unpaired) electrons. The van der Waals surface area contributed by atoms with Crippen molar-refractivity contribution in [2.45, 2.75) is 91.9 Å². The van der Waals surface area contributed by atoms with Crippen molar-refractivity contribution in [2.24, 2.45) is 17.8 Å². The fourth-order valence-electron chi connectivity index (χ4n) is 2.70. The van der Waals surface area contributed by atoms with Crippen LogP contribution in [0, 0.1) is 17.8 Å². The van der Waals surface area contributed by atoms with Gasteiger partial charge >= 0.3 is 0 Å². The van der Waals surface area contributed by atoms with E-state index in [4.69, 9.17) is 0 Å². The van der Waals surface area contributed by atoms with E-state index in [-0.39, 0.29) is 0 Å². The van der Waals surface area contributed by atoms with Crippen LogP contribution in [0.25, 0.3) is 0 Å². The smallest absolute Gasteiger partial charge is 0.119 e. The Morgan fingerprint density at radius 2 is 1.16 bits per heavy atom. The second-order valence-electron chi connectivity index (χ2n) is 6.92. The molecular weight excluding hydrogens is 232 g/mol. The molecule has 114 valence electrons. The topological polar surface area (TPSA) is 17.1 Å². The van der Waals surface area contributed by atoms with Gasteiger partial charge in [-0.3, -0.25) is 0 Å². The molecule has 0 aliphatic carbocycles. The molecule has 0 aromatic carbocycles. The monoisotopic (exact) mass is 268 g/mol.